The smallest absolute Gasteiger partial charge is 0.231 e. The van der Waals surface area contributed by atoms with Gasteiger partial charge in [-0.25, -0.2) is 0 Å². The Labute approximate surface area is 167 Å². The Kier molecular flexibility index (Phi) is 4.20. The molecule has 2 aromatic rings. The van der Waals surface area contributed by atoms with Gasteiger partial charge in [-0.05, 0) is 66.1 Å². The number of ether oxygens (including phenoxy) is 3. The minimum absolute atomic E-state index is 0.230. The SMILES string of the molecule is COc1cc2c(cc1O)C(C1CC1)N(Cc1cc3c(cc1Br)OCO3)CC2. The van der Waals surface area contributed by atoms with Crippen molar-refractivity contribution in [1.29, 1.82) is 0 Å². The molecule has 5 nitrogen and oxygen atoms in total. The van der Waals surface area contributed by atoms with E-state index in [1.54, 1.807) is 7.11 Å². The van der Waals surface area contributed by atoms with Crippen LogP contribution < -0.4 is 14.2 Å². The van der Waals surface area contributed by atoms with E-state index in [1.165, 1.54) is 29.5 Å². The van der Waals surface area contributed by atoms with E-state index in [-0.39, 0.29) is 12.5 Å². The summed E-state index contributed by atoms with van der Waals surface area (Å²) in [6.07, 6.45) is 3.45. The van der Waals surface area contributed by atoms with Crippen LogP contribution in [0.1, 0.15) is 35.6 Å². The first-order chi connectivity index (χ1) is 13.1. The number of phenols is 1. The molecule has 0 amide bonds. The molecule has 0 radical (unpaired) electrons. The monoisotopic (exact) mass is 431 g/mol. The van der Waals surface area contributed by atoms with Crippen molar-refractivity contribution in [2.45, 2.75) is 31.8 Å². The lowest BCUT2D eigenvalue weighted by Crippen LogP contribution is -2.36. The number of benzene rings is 2. The van der Waals surface area contributed by atoms with Gasteiger partial charge < -0.3 is 19.3 Å². The van der Waals surface area contributed by atoms with Crippen LogP contribution in [0.5, 0.6) is 23.0 Å². The number of fused-ring (bicyclic) bond motifs is 2. The predicted octanol–water partition coefficient (Wildman–Crippen LogP) is 4.40. The minimum Gasteiger partial charge on any atom is -0.504 e. The Morgan fingerprint density at radius 2 is 1.96 bits per heavy atom. The van der Waals surface area contributed by atoms with E-state index >= 15 is 0 Å². The lowest BCUT2D eigenvalue weighted by molar-refractivity contribution is 0.155. The molecule has 2 aromatic carbocycles. The molecular weight excluding hydrogens is 410 g/mol. The number of aromatic hydroxyl groups is 1. The minimum atomic E-state index is 0.230. The van der Waals surface area contributed by atoms with E-state index in [9.17, 15) is 5.11 Å². The van der Waals surface area contributed by atoms with Crippen molar-refractivity contribution < 1.29 is 19.3 Å². The van der Waals surface area contributed by atoms with Crippen molar-refractivity contribution >= 4 is 15.9 Å². The molecular formula is C21H22BrNO4. The predicted molar refractivity (Wildman–Crippen MR) is 105 cm³/mol. The molecule has 0 saturated heterocycles. The molecule has 1 saturated carbocycles. The van der Waals surface area contributed by atoms with Gasteiger partial charge in [0.2, 0.25) is 6.79 Å². The summed E-state index contributed by atoms with van der Waals surface area (Å²) in [5.41, 5.74) is 3.74. The van der Waals surface area contributed by atoms with Gasteiger partial charge in [-0.1, -0.05) is 15.9 Å². The first kappa shape index (κ1) is 17.2. The molecule has 5 rings (SSSR count). The third-order valence-corrected chi connectivity index (χ3v) is 6.54. The van der Waals surface area contributed by atoms with Gasteiger partial charge in [-0.2, -0.15) is 0 Å². The van der Waals surface area contributed by atoms with E-state index in [1.807, 2.05) is 18.2 Å². The first-order valence-corrected chi connectivity index (χ1v) is 10.1. The van der Waals surface area contributed by atoms with E-state index in [0.29, 0.717) is 17.7 Å². The fourth-order valence-corrected chi connectivity index (χ4v) is 4.77. The molecule has 1 aliphatic carbocycles. The molecule has 0 bridgehead atoms. The Bertz CT molecular complexity index is 896. The summed E-state index contributed by atoms with van der Waals surface area (Å²) in [6.45, 7) is 2.11. The van der Waals surface area contributed by atoms with Gasteiger partial charge in [-0.3, -0.25) is 4.90 Å². The van der Waals surface area contributed by atoms with Gasteiger partial charge >= 0.3 is 0 Å². The topological polar surface area (TPSA) is 51.2 Å². The van der Waals surface area contributed by atoms with Crippen LogP contribution in [0.3, 0.4) is 0 Å². The normalized spacial score (nSPS) is 21.2. The van der Waals surface area contributed by atoms with Gasteiger partial charge in [0.05, 0.1) is 7.11 Å². The maximum Gasteiger partial charge on any atom is 0.231 e. The van der Waals surface area contributed by atoms with Crippen LogP contribution in [0.2, 0.25) is 0 Å². The highest BCUT2D eigenvalue weighted by Crippen LogP contribution is 2.50. The summed E-state index contributed by atoms with van der Waals surface area (Å²) in [5, 5.41) is 10.3. The molecule has 2 aliphatic heterocycles. The van der Waals surface area contributed by atoms with Crippen molar-refractivity contribution in [2.75, 3.05) is 20.4 Å². The van der Waals surface area contributed by atoms with Crippen LogP contribution in [-0.2, 0) is 13.0 Å². The van der Waals surface area contributed by atoms with Crippen molar-refractivity contribution in [2.24, 2.45) is 5.92 Å². The summed E-state index contributed by atoms with van der Waals surface area (Å²) < 4.78 is 17.4. The van der Waals surface area contributed by atoms with Gasteiger partial charge in [0, 0.05) is 23.6 Å². The Morgan fingerprint density at radius 1 is 1.19 bits per heavy atom. The average molecular weight is 432 g/mol. The lowest BCUT2D eigenvalue weighted by atomic mass is 9.88. The average Bonchev–Trinajstić information content (AvgIpc) is 3.40. The van der Waals surface area contributed by atoms with Crippen LogP contribution in [0.4, 0.5) is 0 Å². The number of phenolic OH excluding ortho intramolecular Hbond substituents is 1. The third kappa shape index (κ3) is 3.05. The summed E-state index contributed by atoms with van der Waals surface area (Å²) in [5.74, 6) is 3.06. The zero-order chi connectivity index (χ0) is 18.5. The standard InChI is InChI=1S/C21H22BrNO4/c1-25-18-6-13-4-5-23(21(12-2-3-12)15(13)8-17(18)24)10-14-7-19-20(9-16(14)22)27-11-26-19/h6-9,12,21,24H,2-5,10-11H2,1H3. The van der Waals surface area contributed by atoms with Crippen molar-refractivity contribution in [3.05, 3.63) is 45.4 Å². The molecule has 0 aromatic heterocycles. The van der Waals surface area contributed by atoms with Gasteiger partial charge in [0.15, 0.2) is 23.0 Å². The molecule has 6 heteroatoms. The Balaban J connectivity index is 1.48. The zero-order valence-corrected chi connectivity index (χ0v) is 16.8. The molecule has 1 unspecified atom stereocenters. The van der Waals surface area contributed by atoms with Crippen molar-refractivity contribution in [3.8, 4) is 23.0 Å². The number of methoxy groups -OCH3 is 1. The number of hydrogen-bond donors (Lipinski definition) is 1. The summed E-state index contributed by atoms with van der Waals surface area (Å²) >= 11 is 3.69. The Hall–Kier alpha value is -1.92. The quantitative estimate of drug-likeness (QED) is 0.776. The highest BCUT2D eigenvalue weighted by Gasteiger charge is 2.40. The number of nitrogens with zero attached hydrogens (tertiary/aromatic N) is 1. The maximum atomic E-state index is 10.3. The third-order valence-electron chi connectivity index (χ3n) is 5.80. The van der Waals surface area contributed by atoms with Crippen LogP contribution in [0, 0.1) is 5.92 Å². The van der Waals surface area contributed by atoms with Gasteiger partial charge in [0.25, 0.3) is 0 Å². The molecule has 2 heterocycles. The van der Waals surface area contributed by atoms with E-state index in [0.717, 1.165) is 35.5 Å². The molecule has 3 aliphatic rings. The fourth-order valence-electron chi connectivity index (χ4n) is 4.32. The van der Waals surface area contributed by atoms with Crippen LogP contribution in [0.25, 0.3) is 0 Å². The van der Waals surface area contributed by atoms with Crippen LogP contribution in [0.15, 0.2) is 28.7 Å². The summed E-state index contributed by atoms with van der Waals surface area (Å²) in [6, 6.07) is 8.34. The largest absolute Gasteiger partial charge is 0.504 e. The number of rotatable bonds is 4. The first-order valence-electron chi connectivity index (χ1n) is 9.36. The Morgan fingerprint density at radius 3 is 2.70 bits per heavy atom. The molecule has 27 heavy (non-hydrogen) atoms. The molecule has 0 spiro atoms. The van der Waals surface area contributed by atoms with Crippen molar-refractivity contribution in [1.82, 2.24) is 4.90 Å². The molecule has 1 atom stereocenters. The van der Waals surface area contributed by atoms with Gasteiger partial charge in [0.1, 0.15) is 0 Å². The van der Waals surface area contributed by atoms with Crippen LogP contribution in [-0.4, -0.2) is 30.5 Å². The second-order valence-corrected chi connectivity index (χ2v) is 8.38. The molecule has 1 N–H and O–H groups in total. The molecule has 142 valence electrons. The van der Waals surface area contributed by atoms with Crippen molar-refractivity contribution in [3.63, 3.8) is 0 Å². The fraction of sp³-hybridized carbons (Fsp3) is 0.429. The van der Waals surface area contributed by atoms with E-state index in [2.05, 4.69) is 26.9 Å². The second-order valence-electron chi connectivity index (χ2n) is 7.52. The highest BCUT2D eigenvalue weighted by molar-refractivity contribution is 9.10. The lowest BCUT2D eigenvalue weighted by Gasteiger charge is -2.38. The van der Waals surface area contributed by atoms with Crippen LogP contribution >= 0.6 is 15.9 Å². The second kappa shape index (κ2) is 6.60. The maximum absolute atomic E-state index is 10.3. The highest BCUT2D eigenvalue weighted by atomic mass is 79.9. The zero-order valence-electron chi connectivity index (χ0n) is 15.2. The molecule has 1 fully saturated rings. The number of hydrogen-bond acceptors (Lipinski definition) is 5. The van der Waals surface area contributed by atoms with E-state index in [4.69, 9.17) is 14.2 Å². The summed E-state index contributed by atoms with van der Waals surface area (Å²) in [4.78, 5) is 2.54. The van der Waals surface area contributed by atoms with Gasteiger partial charge in [-0.15, -0.1) is 0 Å². The number of halogens is 1. The van der Waals surface area contributed by atoms with E-state index < -0.39 is 0 Å². The summed E-state index contributed by atoms with van der Waals surface area (Å²) in [7, 11) is 1.60.